The van der Waals surface area contributed by atoms with Crippen LogP contribution in [0.15, 0.2) is 18.2 Å². The van der Waals surface area contributed by atoms with Crippen molar-refractivity contribution in [2.75, 3.05) is 13.2 Å². The summed E-state index contributed by atoms with van der Waals surface area (Å²) in [6.07, 6.45) is 0. The molecule has 0 amide bonds. The highest BCUT2D eigenvalue weighted by atomic mass is 16.5. The molecule has 80 valence electrons. The number of para-hydroxylation sites is 1. The second-order valence-electron chi connectivity index (χ2n) is 2.43. The summed E-state index contributed by atoms with van der Waals surface area (Å²) in [5.41, 5.74) is 0. The van der Waals surface area contributed by atoms with E-state index < -0.39 is 5.75 Å². The summed E-state index contributed by atoms with van der Waals surface area (Å²) in [7, 11) is 0. The van der Waals surface area contributed by atoms with E-state index in [1.807, 2.05) is 13.8 Å². The maximum absolute atomic E-state index is 8.71. The van der Waals surface area contributed by atoms with Crippen molar-refractivity contribution < 1.29 is 20.1 Å². The van der Waals surface area contributed by atoms with Gasteiger partial charge in [-0.05, 0) is 26.0 Å². The summed E-state index contributed by atoms with van der Waals surface area (Å²) in [5.74, 6) is -1.09. The van der Waals surface area contributed by atoms with Crippen LogP contribution < -0.4 is 0 Å². The Hall–Kier alpha value is -1.42. The van der Waals surface area contributed by atoms with Crippen LogP contribution in [-0.2, 0) is 4.74 Å². The molecule has 4 nitrogen and oxygen atoms in total. The van der Waals surface area contributed by atoms with Crippen LogP contribution in [0, 0.1) is 0 Å². The standard InChI is InChI=1S/C6H6O3.C4H10O/c7-4-2-1-3-5(8)6(4)9;1-3-5-4-2/h1-3,7-9H;3-4H2,1-2H3. The van der Waals surface area contributed by atoms with Gasteiger partial charge in [0.1, 0.15) is 0 Å². The van der Waals surface area contributed by atoms with Gasteiger partial charge in [-0.15, -0.1) is 0 Å². The average molecular weight is 200 g/mol. The predicted octanol–water partition coefficient (Wildman–Crippen LogP) is 1.85. The fraction of sp³-hybridized carbons (Fsp3) is 0.400. The first-order valence-electron chi connectivity index (χ1n) is 4.41. The van der Waals surface area contributed by atoms with Crippen LogP contribution in [0.5, 0.6) is 17.2 Å². The molecule has 0 bridgehead atoms. The van der Waals surface area contributed by atoms with Crippen molar-refractivity contribution >= 4 is 0 Å². The van der Waals surface area contributed by atoms with Gasteiger partial charge in [0.25, 0.3) is 0 Å². The Bertz CT molecular complexity index is 238. The molecule has 0 radical (unpaired) electrons. The molecule has 4 heteroatoms. The largest absolute Gasteiger partial charge is 0.504 e. The van der Waals surface area contributed by atoms with Gasteiger partial charge in [-0.3, -0.25) is 0 Å². The quantitative estimate of drug-likeness (QED) is 0.637. The van der Waals surface area contributed by atoms with Gasteiger partial charge in [0.15, 0.2) is 17.2 Å². The third kappa shape index (κ3) is 4.57. The first kappa shape index (κ1) is 12.6. The smallest absolute Gasteiger partial charge is 0.200 e. The van der Waals surface area contributed by atoms with E-state index in [4.69, 9.17) is 20.1 Å². The molecule has 0 spiro atoms. The molecule has 1 aromatic rings. The Morgan fingerprint density at radius 3 is 1.64 bits per heavy atom. The second kappa shape index (κ2) is 7.03. The monoisotopic (exact) mass is 200 g/mol. The zero-order valence-electron chi connectivity index (χ0n) is 8.40. The van der Waals surface area contributed by atoms with E-state index in [2.05, 4.69) is 0 Å². The molecule has 0 aliphatic carbocycles. The van der Waals surface area contributed by atoms with Crippen molar-refractivity contribution in [3.63, 3.8) is 0 Å². The van der Waals surface area contributed by atoms with Crippen molar-refractivity contribution in [3.05, 3.63) is 18.2 Å². The normalized spacial score (nSPS) is 9.00. The molecule has 14 heavy (non-hydrogen) atoms. The number of aromatic hydroxyl groups is 3. The number of ether oxygens (including phenoxy) is 1. The summed E-state index contributed by atoms with van der Waals surface area (Å²) in [6.45, 7) is 5.67. The zero-order valence-corrected chi connectivity index (χ0v) is 8.40. The lowest BCUT2D eigenvalue weighted by atomic mass is 10.3. The summed E-state index contributed by atoms with van der Waals surface area (Å²) in [5, 5.41) is 26.1. The van der Waals surface area contributed by atoms with Gasteiger partial charge in [-0.25, -0.2) is 0 Å². The SMILES string of the molecule is CCOCC.Oc1cccc(O)c1O. The summed E-state index contributed by atoms with van der Waals surface area (Å²) < 4.78 is 4.83. The van der Waals surface area contributed by atoms with Crippen molar-refractivity contribution in [2.45, 2.75) is 13.8 Å². The molecule has 3 N–H and O–H groups in total. The first-order chi connectivity index (χ1) is 6.63. The molecule has 1 aromatic carbocycles. The molecular formula is C10H16O4. The van der Waals surface area contributed by atoms with E-state index in [-0.39, 0.29) is 11.5 Å². The van der Waals surface area contributed by atoms with E-state index >= 15 is 0 Å². The Morgan fingerprint density at radius 1 is 1.00 bits per heavy atom. The third-order valence-electron chi connectivity index (χ3n) is 1.40. The van der Waals surface area contributed by atoms with Gasteiger partial charge in [-0.1, -0.05) is 6.07 Å². The summed E-state index contributed by atoms with van der Waals surface area (Å²) >= 11 is 0. The maximum Gasteiger partial charge on any atom is 0.200 e. The van der Waals surface area contributed by atoms with Gasteiger partial charge in [0, 0.05) is 13.2 Å². The van der Waals surface area contributed by atoms with Crippen LogP contribution in [0.2, 0.25) is 0 Å². The Balaban J connectivity index is 0.000000292. The van der Waals surface area contributed by atoms with E-state index in [1.54, 1.807) is 0 Å². The van der Waals surface area contributed by atoms with Gasteiger partial charge in [-0.2, -0.15) is 0 Å². The molecule has 0 saturated heterocycles. The van der Waals surface area contributed by atoms with E-state index in [1.165, 1.54) is 18.2 Å². The second-order valence-corrected chi connectivity index (χ2v) is 2.43. The van der Waals surface area contributed by atoms with E-state index in [0.29, 0.717) is 0 Å². The number of rotatable bonds is 2. The summed E-state index contributed by atoms with van der Waals surface area (Å²) in [4.78, 5) is 0. The van der Waals surface area contributed by atoms with Crippen molar-refractivity contribution in [2.24, 2.45) is 0 Å². The highest BCUT2D eigenvalue weighted by Gasteiger charge is 2.00. The highest BCUT2D eigenvalue weighted by Crippen LogP contribution is 2.32. The molecule has 0 fully saturated rings. The molecule has 0 aliphatic rings. The number of phenols is 3. The van der Waals surface area contributed by atoms with E-state index in [9.17, 15) is 0 Å². The van der Waals surface area contributed by atoms with Gasteiger partial charge < -0.3 is 20.1 Å². The predicted molar refractivity (Wildman–Crippen MR) is 53.6 cm³/mol. The van der Waals surface area contributed by atoms with Gasteiger partial charge >= 0.3 is 0 Å². The first-order valence-corrected chi connectivity index (χ1v) is 4.41. The van der Waals surface area contributed by atoms with Crippen LogP contribution >= 0.6 is 0 Å². The lowest BCUT2D eigenvalue weighted by molar-refractivity contribution is 0.162. The number of phenolic OH excluding ortho intramolecular Hbond substituents is 3. The Kier molecular flexibility index (Phi) is 6.32. The molecule has 0 atom stereocenters. The average Bonchev–Trinajstić information content (AvgIpc) is 2.16. The highest BCUT2D eigenvalue weighted by molar-refractivity contribution is 5.47. The number of hydrogen-bond donors (Lipinski definition) is 3. The van der Waals surface area contributed by atoms with E-state index in [0.717, 1.165) is 13.2 Å². The Morgan fingerprint density at radius 2 is 1.43 bits per heavy atom. The molecule has 1 rings (SSSR count). The van der Waals surface area contributed by atoms with Crippen LogP contribution in [0.25, 0.3) is 0 Å². The van der Waals surface area contributed by atoms with Crippen LogP contribution in [-0.4, -0.2) is 28.5 Å². The molecule has 0 heterocycles. The molecule has 0 saturated carbocycles. The molecular weight excluding hydrogens is 184 g/mol. The van der Waals surface area contributed by atoms with Crippen LogP contribution in [0.3, 0.4) is 0 Å². The Labute approximate surface area is 83.4 Å². The fourth-order valence-corrected chi connectivity index (χ4v) is 0.724. The number of benzene rings is 1. The summed E-state index contributed by atoms with van der Waals surface area (Å²) in [6, 6.07) is 4.01. The van der Waals surface area contributed by atoms with Gasteiger partial charge in [0.05, 0.1) is 0 Å². The van der Waals surface area contributed by atoms with Crippen LogP contribution in [0.1, 0.15) is 13.8 Å². The zero-order chi connectivity index (χ0) is 11.0. The topological polar surface area (TPSA) is 69.9 Å². The van der Waals surface area contributed by atoms with Crippen molar-refractivity contribution in [1.29, 1.82) is 0 Å². The lowest BCUT2D eigenvalue weighted by Crippen LogP contribution is -1.84. The fourth-order valence-electron chi connectivity index (χ4n) is 0.724. The van der Waals surface area contributed by atoms with Gasteiger partial charge in [0.2, 0.25) is 0 Å². The molecule has 0 aromatic heterocycles. The minimum atomic E-state index is -0.475. The minimum Gasteiger partial charge on any atom is -0.504 e. The number of hydrogen-bond acceptors (Lipinski definition) is 4. The maximum atomic E-state index is 8.71. The lowest BCUT2D eigenvalue weighted by Gasteiger charge is -1.96. The molecule has 0 unspecified atom stereocenters. The third-order valence-corrected chi connectivity index (χ3v) is 1.40. The minimum absolute atomic E-state index is 0.310. The van der Waals surface area contributed by atoms with Crippen molar-refractivity contribution in [1.82, 2.24) is 0 Å². The van der Waals surface area contributed by atoms with Crippen LogP contribution in [0.4, 0.5) is 0 Å². The molecule has 0 aliphatic heterocycles. The van der Waals surface area contributed by atoms with Crippen molar-refractivity contribution in [3.8, 4) is 17.2 Å².